The Balaban J connectivity index is 1.52. The summed E-state index contributed by atoms with van der Waals surface area (Å²) < 4.78 is 4.63. The van der Waals surface area contributed by atoms with Crippen molar-refractivity contribution in [3.63, 3.8) is 0 Å². The van der Waals surface area contributed by atoms with Crippen LogP contribution >= 0.6 is 54.5 Å². The van der Waals surface area contributed by atoms with E-state index in [1.165, 1.54) is 20.2 Å². The van der Waals surface area contributed by atoms with Gasteiger partial charge in [0.15, 0.2) is 0 Å². The summed E-state index contributed by atoms with van der Waals surface area (Å²) in [6.45, 7) is 0. The van der Waals surface area contributed by atoms with Crippen LogP contribution in [0.5, 0.6) is 0 Å². The summed E-state index contributed by atoms with van der Waals surface area (Å²) in [5, 5.41) is 18.6. The number of nitrogens with one attached hydrogen (secondary N) is 2. The Hall–Kier alpha value is -3.04. The van der Waals surface area contributed by atoms with Crippen molar-refractivity contribution in [3.8, 4) is 0 Å². The largest absolute Gasteiger partial charge is 0.278 e. The maximum atomic E-state index is 4.88. The van der Waals surface area contributed by atoms with E-state index in [2.05, 4.69) is 67.0 Å². The van der Waals surface area contributed by atoms with Gasteiger partial charge in [-0.15, -0.1) is 22.7 Å². The minimum atomic E-state index is 0.957. The fourth-order valence-electron chi connectivity index (χ4n) is 4.64. The van der Waals surface area contributed by atoms with Crippen LogP contribution in [0.4, 0.5) is 11.4 Å². The molecule has 7 rings (SSSR count). The highest BCUT2D eigenvalue weighted by Crippen LogP contribution is 2.40. The average molecular weight is 632 g/mol. The number of para-hydroxylation sites is 2. The number of rotatable bonds is 4. The minimum absolute atomic E-state index is 0.957. The van der Waals surface area contributed by atoms with E-state index in [0.717, 1.165) is 51.2 Å². The molecule has 0 aliphatic carbocycles. The van der Waals surface area contributed by atoms with Crippen molar-refractivity contribution < 1.29 is 0 Å². The van der Waals surface area contributed by atoms with Gasteiger partial charge < -0.3 is 0 Å². The second-order valence-corrected chi connectivity index (χ2v) is 13.3. The Kier molecular flexibility index (Phi) is 5.43. The monoisotopic (exact) mass is 630 g/mol. The van der Waals surface area contributed by atoms with Gasteiger partial charge in [-0.05, 0) is 80.4 Å². The third-order valence-corrected chi connectivity index (χ3v) is 9.56. The van der Waals surface area contributed by atoms with Crippen LogP contribution in [-0.4, -0.2) is 0 Å². The molecule has 0 bridgehead atoms. The molecular formula is C28H16Br2N4S2. The van der Waals surface area contributed by atoms with Crippen molar-refractivity contribution in [2.24, 2.45) is 10.2 Å². The number of hydrogen-bond donors (Lipinski definition) is 2. The third kappa shape index (κ3) is 3.67. The van der Waals surface area contributed by atoms with Gasteiger partial charge >= 0.3 is 0 Å². The number of nitrogens with zero attached hydrogens (tertiary/aromatic N) is 2. The van der Waals surface area contributed by atoms with Crippen molar-refractivity contribution in [1.29, 1.82) is 0 Å². The second-order valence-electron chi connectivity index (χ2n) is 8.41. The Morgan fingerprint density at radius 3 is 1.33 bits per heavy atom. The quantitative estimate of drug-likeness (QED) is 0.191. The highest BCUT2D eigenvalue weighted by Gasteiger charge is 2.18. The molecule has 4 nitrogen and oxygen atoms in total. The predicted molar refractivity (Wildman–Crippen MR) is 161 cm³/mol. The number of anilines is 2. The van der Waals surface area contributed by atoms with E-state index >= 15 is 0 Å². The summed E-state index contributed by atoms with van der Waals surface area (Å²) in [4.78, 5) is 0. The second kappa shape index (κ2) is 8.81. The molecule has 0 radical (unpaired) electrons. The molecule has 7 aromatic rings. The molecular weight excluding hydrogens is 616 g/mol. The van der Waals surface area contributed by atoms with E-state index in [4.69, 9.17) is 10.2 Å². The number of thiophene rings is 2. The lowest BCUT2D eigenvalue weighted by Gasteiger charge is -2.00. The first-order chi connectivity index (χ1) is 17.7. The van der Waals surface area contributed by atoms with Gasteiger partial charge in [-0.3, -0.25) is 10.9 Å². The first-order valence-electron chi connectivity index (χ1n) is 11.2. The lowest BCUT2D eigenvalue weighted by atomic mass is 10.1. The molecule has 2 N–H and O–H groups in total. The summed E-state index contributed by atoms with van der Waals surface area (Å²) in [6.07, 6.45) is 0. The molecule has 0 atom stereocenters. The van der Waals surface area contributed by atoms with Gasteiger partial charge in [-0.25, -0.2) is 0 Å². The van der Waals surface area contributed by atoms with Crippen molar-refractivity contribution in [2.75, 3.05) is 10.9 Å². The molecule has 0 fully saturated rings. The molecule has 0 saturated heterocycles. The molecule has 8 heteroatoms. The first-order valence-corrected chi connectivity index (χ1v) is 14.4. The van der Waals surface area contributed by atoms with Crippen LogP contribution in [0.25, 0.3) is 41.7 Å². The van der Waals surface area contributed by atoms with Crippen molar-refractivity contribution >= 4 is 108 Å². The molecule has 0 aliphatic rings. The Labute approximate surface area is 230 Å². The molecule has 0 aliphatic heterocycles. The van der Waals surface area contributed by atoms with Gasteiger partial charge in [0.05, 0.1) is 29.7 Å². The van der Waals surface area contributed by atoms with Gasteiger partial charge in [0, 0.05) is 41.7 Å². The van der Waals surface area contributed by atoms with E-state index in [1.807, 2.05) is 60.7 Å². The van der Waals surface area contributed by atoms with Crippen molar-refractivity contribution in [2.45, 2.75) is 0 Å². The molecule has 36 heavy (non-hydrogen) atoms. The van der Waals surface area contributed by atoms with Crippen LogP contribution in [0.2, 0.25) is 0 Å². The molecule has 2 heterocycles. The zero-order valence-corrected chi connectivity index (χ0v) is 23.4. The van der Waals surface area contributed by atoms with Crippen LogP contribution in [0.15, 0.2) is 103 Å². The normalized spacial score (nSPS) is 13.1. The van der Waals surface area contributed by atoms with Crippen molar-refractivity contribution in [1.82, 2.24) is 0 Å². The van der Waals surface area contributed by atoms with E-state index in [1.54, 1.807) is 22.7 Å². The van der Waals surface area contributed by atoms with Gasteiger partial charge in [0.1, 0.15) is 0 Å². The summed E-state index contributed by atoms with van der Waals surface area (Å²) >= 11 is 10.9. The third-order valence-electron chi connectivity index (χ3n) is 6.21. The van der Waals surface area contributed by atoms with E-state index < -0.39 is 0 Å². The highest BCUT2D eigenvalue weighted by molar-refractivity contribution is 9.11. The molecule has 2 aromatic heterocycles. The smallest absolute Gasteiger partial charge is 0.0999 e. The zero-order valence-electron chi connectivity index (χ0n) is 18.5. The number of benzene rings is 3. The van der Waals surface area contributed by atoms with Crippen molar-refractivity contribution in [3.05, 3.63) is 103 Å². The van der Waals surface area contributed by atoms with Crippen LogP contribution in [0.3, 0.4) is 0 Å². The lowest BCUT2D eigenvalue weighted by molar-refractivity contribution is 1.25. The zero-order chi connectivity index (χ0) is 24.2. The fourth-order valence-corrected chi connectivity index (χ4v) is 7.90. The molecule has 0 spiro atoms. The summed E-state index contributed by atoms with van der Waals surface area (Å²) in [7, 11) is 0. The number of halogens is 2. The van der Waals surface area contributed by atoms with E-state index in [9.17, 15) is 0 Å². The topological polar surface area (TPSA) is 48.8 Å². The Bertz CT molecular complexity index is 1870. The fraction of sp³-hybridized carbons (Fsp3) is 0. The molecule has 0 saturated carbocycles. The van der Waals surface area contributed by atoms with Gasteiger partial charge in [0.25, 0.3) is 0 Å². The van der Waals surface area contributed by atoms with Gasteiger partial charge in [-0.1, -0.05) is 36.4 Å². The highest BCUT2D eigenvalue weighted by atomic mass is 79.9. The maximum Gasteiger partial charge on any atom is 0.0999 e. The maximum absolute atomic E-state index is 4.88. The van der Waals surface area contributed by atoms with Gasteiger partial charge in [-0.2, -0.15) is 10.2 Å². The Morgan fingerprint density at radius 2 is 0.917 bits per heavy atom. The standard InChI is InChI=1S/C28H16Br2N4S2/c29-23-13-21-25(33-31-15-7-3-1-4-8-15)17-11-20-18(12-19(17)27(21)35-23)26(22-14-24(30)36-28(20)22)34-32-16-9-5-2-6-10-16/h1-14,31-32H/b33-25-,34-26-. The summed E-state index contributed by atoms with van der Waals surface area (Å²) in [5.74, 6) is 0. The molecule has 0 unspecified atom stereocenters. The average Bonchev–Trinajstić information content (AvgIpc) is 3.60. The van der Waals surface area contributed by atoms with Crippen LogP contribution in [-0.2, 0) is 0 Å². The van der Waals surface area contributed by atoms with Crippen LogP contribution < -0.4 is 21.6 Å². The van der Waals surface area contributed by atoms with Gasteiger partial charge in [0.2, 0.25) is 0 Å². The number of hydrogen-bond acceptors (Lipinski definition) is 6. The molecule has 0 amide bonds. The Morgan fingerprint density at radius 1 is 0.500 bits per heavy atom. The van der Waals surface area contributed by atoms with E-state index in [0.29, 0.717) is 0 Å². The van der Waals surface area contributed by atoms with Crippen LogP contribution in [0.1, 0.15) is 0 Å². The molecule has 174 valence electrons. The SMILES string of the molecule is Brc1cc2/c(=N\Nc3ccccc3)c3cc4c(cc3c2s1)/c(=N/Nc1ccccc1)c1cc(Br)sc14. The number of fused-ring (bicyclic) bond motifs is 6. The lowest BCUT2D eigenvalue weighted by Crippen LogP contribution is -2.05. The van der Waals surface area contributed by atoms with Crippen LogP contribution in [0, 0.1) is 0 Å². The minimum Gasteiger partial charge on any atom is -0.278 e. The predicted octanol–water partition coefficient (Wildman–Crippen LogP) is 8.68. The molecule has 5 aromatic carbocycles. The first kappa shape index (κ1) is 22.2. The summed E-state index contributed by atoms with van der Waals surface area (Å²) in [5.41, 5.74) is 8.43. The van der Waals surface area contributed by atoms with E-state index in [-0.39, 0.29) is 0 Å². The summed E-state index contributed by atoms with van der Waals surface area (Å²) in [6, 6.07) is 29.0.